The molecule has 0 bridgehead atoms. The van der Waals surface area contributed by atoms with Crippen molar-refractivity contribution in [2.24, 2.45) is 0 Å². The van der Waals surface area contributed by atoms with Crippen LogP contribution >= 0.6 is 45.2 Å². The molecule has 0 N–H and O–H groups in total. The van der Waals surface area contributed by atoms with E-state index in [0.717, 1.165) is 10.8 Å². The van der Waals surface area contributed by atoms with Crippen LogP contribution in [-0.2, 0) is 0 Å². The predicted molar refractivity (Wildman–Crippen MR) is 97.2 cm³/mol. The average molecular weight is 460 g/mol. The maximum Gasteiger partial charge on any atom is 0.0241 e. The standard InChI is InChI=1S/C16H14I2/c17-12-11-15(13-7-3-1-4-8-13)16(18)14-9-5-2-6-10-14/h1-10H,11-12H2. The molecule has 92 valence electrons. The van der Waals surface area contributed by atoms with E-state index in [1.54, 1.807) is 0 Å². The number of hydrogen-bond donors (Lipinski definition) is 0. The Hall–Kier alpha value is -0.360. The first-order valence-electron chi connectivity index (χ1n) is 5.88. The molecule has 2 aromatic rings. The number of allylic oxidation sites excluding steroid dienone is 1. The van der Waals surface area contributed by atoms with Crippen molar-refractivity contribution < 1.29 is 0 Å². The minimum Gasteiger partial charge on any atom is -0.0860 e. The molecular weight excluding hydrogens is 446 g/mol. The summed E-state index contributed by atoms with van der Waals surface area (Å²) in [6.45, 7) is 0. The third-order valence-electron chi connectivity index (χ3n) is 2.76. The largest absolute Gasteiger partial charge is 0.0860 e. The van der Waals surface area contributed by atoms with Gasteiger partial charge < -0.3 is 0 Å². The Morgan fingerprint density at radius 2 is 1.28 bits per heavy atom. The first-order chi connectivity index (χ1) is 8.83. The van der Waals surface area contributed by atoms with Gasteiger partial charge in [-0.3, -0.25) is 0 Å². The van der Waals surface area contributed by atoms with Crippen LogP contribution in [0.3, 0.4) is 0 Å². The summed E-state index contributed by atoms with van der Waals surface area (Å²) in [4.78, 5) is 0. The zero-order valence-electron chi connectivity index (χ0n) is 9.94. The van der Waals surface area contributed by atoms with Gasteiger partial charge in [0.1, 0.15) is 0 Å². The Bertz CT molecular complexity index is 515. The molecule has 0 amide bonds. The molecular formula is C16H14I2. The van der Waals surface area contributed by atoms with E-state index >= 15 is 0 Å². The second-order valence-electron chi connectivity index (χ2n) is 3.96. The Morgan fingerprint density at radius 3 is 1.78 bits per heavy atom. The van der Waals surface area contributed by atoms with Gasteiger partial charge in [0, 0.05) is 8.01 Å². The fourth-order valence-electron chi connectivity index (χ4n) is 1.87. The van der Waals surface area contributed by atoms with Gasteiger partial charge in [0.15, 0.2) is 0 Å². The second-order valence-corrected chi connectivity index (χ2v) is 6.12. The highest BCUT2D eigenvalue weighted by molar-refractivity contribution is 14.1. The van der Waals surface area contributed by atoms with Crippen LogP contribution in [0, 0.1) is 0 Å². The summed E-state index contributed by atoms with van der Waals surface area (Å²) in [5.74, 6) is 0. The highest BCUT2D eigenvalue weighted by atomic mass is 127. The van der Waals surface area contributed by atoms with Crippen LogP contribution in [0.25, 0.3) is 9.15 Å². The summed E-state index contributed by atoms with van der Waals surface area (Å²) in [6.07, 6.45) is 1.11. The molecule has 0 aliphatic carbocycles. The van der Waals surface area contributed by atoms with Gasteiger partial charge in [0.05, 0.1) is 0 Å². The van der Waals surface area contributed by atoms with Gasteiger partial charge in [-0.25, -0.2) is 0 Å². The Morgan fingerprint density at radius 1 is 0.778 bits per heavy atom. The van der Waals surface area contributed by atoms with Crippen molar-refractivity contribution in [2.75, 3.05) is 4.43 Å². The molecule has 0 aliphatic heterocycles. The molecule has 0 aliphatic rings. The molecule has 0 atom stereocenters. The molecule has 0 saturated carbocycles. The molecule has 2 rings (SSSR count). The van der Waals surface area contributed by atoms with Gasteiger partial charge in [-0.2, -0.15) is 0 Å². The smallest absolute Gasteiger partial charge is 0.0241 e. The summed E-state index contributed by atoms with van der Waals surface area (Å²) in [5.41, 5.74) is 4.08. The van der Waals surface area contributed by atoms with Gasteiger partial charge in [-0.05, 0) is 45.7 Å². The maximum absolute atomic E-state index is 2.47. The number of rotatable bonds is 4. The predicted octanol–water partition coefficient (Wildman–Crippen LogP) is 5.82. The summed E-state index contributed by atoms with van der Waals surface area (Å²) in [5, 5.41) is 0. The highest BCUT2D eigenvalue weighted by Gasteiger charge is 2.08. The third kappa shape index (κ3) is 3.57. The summed E-state index contributed by atoms with van der Waals surface area (Å²) in [6, 6.07) is 21.3. The van der Waals surface area contributed by atoms with Crippen LogP contribution in [0.15, 0.2) is 60.7 Å². The lowest BCUT2D eigenvalue weighted by Crippen LogP contribution is -1.89. The van der Waals surface area contributed by atoms with E-state index in [9.17, 15) is 0 Å². The Kier molecular flexibility index (Phi) is 5.69. The summed E-state index contributed by atoms with van der Waals surface area (Å²) < 4.78 is 2.50. The summed E-state index contributed by atoms with van der Waals surface area (Å²) in [7, 11) is 0. The van der Waals surface area contributed by atoms with Crippen molar-refractivity contribution >= 4 is 54.3 Å². The van der Waals surface area contributed by atoms with E-state index in [1.165, 1.54) is 20.3 Å². The van der Waals surface area contributed by atoms with E-state index < -0.39 is 0 Å². The van der Waals surface area contributed by atoms with Gasteiger partial charge in [0.25, 0.3) is 0 Å². The lowest BCUT2D eigenvalue weighted by atomic mass is 10.0. The molecule has 0 nitrogen and oxygen atoms in total. The SMILES string of the molecule is ICCC(=C(I)c1ccccc1)c1ccccc1. The highest BCUT2D eigenvalue weighted by Crippen LogP contribution is 2.34. The molecule has 0 spiro atoms. The minimum absolute atomic E-state index is 1.11. The fourth-order valence-corrected chi connectivity index (χ4v) is 3.35. The number of halogens is 2. The van der Waals surface area contributed by atoms with Crippen LogP contribution in [-0.4, -0.2) is 4.43 Å². The lowest BCUT2D eigenvalue weighted by Gasteiger charge is -2.11. The average Bonchev–Trinajstić information content (AvgIpc) is 2.46. The second kappa shape index (κ2) is 7.28. The zero-order valence-corrected chi connectivity index (χ0v) is 14.3. The van der Waals surface area contributed by atoms with Crippen molar-refractivity contribution in [1.29, 1.82) is 0 Å². The molecule has 2 aromatic carbocycles. The van der Waals surface area contributed by atoms with E-state index in [1.807, 2.05) is 0 Å². The van der Waals surface area contributed by atoms with E-state index in [4.69, 9.17) is 0 Å². The first kappa shape index (κ1) is 14.1. The van der Waals surface area contributed by atoms with E-state index in [-0.39, 0.29) is 0 Å². The van der Waals surface area contributed by atoms with Crippen molar-refractivity contribution in [3.8, 4) is 0 Å². The molecule has 0 heterocycles. The van der Waals surface area contributed by atoms with Crippen molar-refractivity contribution in [2.45, 2.75) is 6.42 Å². The quantitative estimate of drug-likeness (QED) is 0.307. The van der Waals surface area contributed by atoms with Gasteiger partial charge in [-0.15, -0.1) is 0 Å². The van der Waals surface area contributed by atoms with Crippen LogP contribution in [0.2, 0.25) is 0 Å². The number of benzene rings is 2. The molecule has 0 aromatic heterocycles. The lowest BCUT2D eigenvalue weighted by molar-refractivity contribution is 1.29. The van der Waals surface area contributed by atoms with Crippen LogP contribution in [0.4, 0.5) is 0 Å². The van der Waals surface area contributed by atoms with Crippen molar-refractivity contribution in [1.82, 2.24) is 0 Å². The number of hydrogen-bond acceptors (Lipinski definition) is 0. The van der Waals surface area contributed by atoms with Crippen molar-refractivity contribution in [3.63, 3.8) is 0 Å². The molecule has 0 fully saturated rings. The number of alkyl halides is 1. The molecule has 2 heteroatoms. The normalized spacial score (nSPS) is 12.1. The summed E-state index contributed by atoms with van der Waals surface area (Å²) >= 11 is 4.92. The Labute approximate surface area is 136 Å². The van der Waals surface area contributed by atoms with Crippen LogP contribution < -0.4 is 0 Å². The maximum atomic E-state index is 2.47. The molecule has 0 saturated heterocycles. The van der Waals surface area contributed by atoms with Gasteiger partial charge in [-0.1, -0.05) is 83.3 Å². The Balaban J connectivity index is 2.47. The molecule has 18 heavy (non-hydrogen) atoms. The molecule has 0 unspecified atom stereocenters. The topological polar surface area (TPSA) is 0 Å². The van der Waals surface area contributed by atoms with E-state index in [2.05, 4.69) is 106 Å². The zero-order chi connectivity index (χ0) is 12.8. The fraction of sp³-hybridized carbons (Fsp3) is 0.125. The van der Waals surface area contributed by atoms with Crippen LogP contribution in [0.1, 0.15) is 17.5 Å². The van der Waals surface area contributed by atoms with Crippen LogP contribution in [0.5, 0.6) is 0 Å². The third-order valence-corrected chi connectivity index (χ3v) is 4.57. The monoisotopic (exact) mass is 460 g/mol. The first-order valence-corrected chi connectivity index (χ1v) is 8.49. The van der Waals surface area contributed by atoms with Crippen molar-refractivity contribution in [3.05, 3.63) is 71.8 Å². The van der Waals surface area contributed by atoms with Gasteiger partial charge >= 0.3 is 0 Å². The van der Waals surface area contributed by atoms with Gasteiger partial charge in [0.2, 0.25) is 0 Å². The van der Waals surface area contributed by atoms with E-state index in [0.29, 0.717) is 0 Å². The minimum atomic E-state index is 1.11. The molecule has 0 radical (unpaired) electrons.